The first-order valence-electron chi connectivity index (χ1n) is 6.18. The Kier molecular flexibility index (Phi) is 5.99. The number of hydrogen-bond acceptors (Lipinski definition) is 3. The van der Waals surface area contributed by atoms with Crippen molar-refractivity contribution in [3.05, 3.63) is 28.8 Å². The highest BCUT2D eigenvalue weighted by Crippen LogP contribution is 2.26. The van der Waals surface area contributed by atoms with E-state index in [1.807, 2.05) is 20.8 Å². The number of rotatable bonds is 4. The lowest BCUT2D eigenvalue weighted by molar-refractivity contribution is -0.144. The minimum atomic E-state index is -1.59. The zero-order valence-corrected chi connectivity index (χ0v) is 14.2. The number of carbonyl (C=O) groups excluding carboxylic acids is 1. The first kappa shape index (κ1) is 17.4. The zero-order valence-electron chi connectivity index (χ0n) is 11.9. The number of alkyl halides is 3. The molecule has 0 bridgehead atoms. The quantitative estimate of drug-likeness (QED) is 0.656. The second kappa shape index (κ2) is 6.88. The number of ether oxygens (including phenoxy) is 1. The summed E-state index contributed by atoms with van der Waals surface area (Å²) >= 11 is 16.6. The molecule has 20 heavy (non-hydrogen) atoms. The highest BCUT2D eigenvalue weighted by molar-refractivity contribution is 6.67. The molecular formula is C14H18Cl3NO2. The van der Waals surface area contributed by atoms with E-state index in [1.54, 1.807) is 6.92 Å². The average molecular weight is 339 g/mol. The van der Waals surface area contributed by atoms with Gasteiger partial charge in [-0.25, -0.2) is 4.79 Å². The van der Waals surface area contributed by atoms with Gasteiger partial charge in [0, 0.05) is 5.69 Å². The van der Waals surface area contributed by atoms with Crippen molar-refractivity contribution in [3.63, 3.8) is 0 Å². The Morgan fingerprint density at radius 2 is 1.75 bits per heavy atom. The van der Waals surface area contributed by atoms with Crippen molar-refractivity contribution in [1.82, 2.24) is 0 Å². The van der Waals surface area contributed by atoms with E-state index >= 15 is 0 Å². The Balaban J connectivity index is 2.71. The third kappa shape index (κ3) is 5.39. The number of esters is 1. The Morgan fingerprint density at radius 1 is 1.25 bits per heavy atom. The fourth-order valence-corrected chi connectivity index (χ4v) is 2.12. The van der Waals surface area contributed by atoms with Crippen molar-refractivity contribution in [1.29, 1.82) is 0 Å². The van der Waals surface area contributed by atoms with E-state index in [2.05, 4.69) is 17.4 Å². The number of hydrogen-bond donors (Lipinski definition) is 1. The van der Waals surface area contributed by atoms with Gasteiger partial charge < -0.3 is 10.1 Å². The molecule has 0 fully saturated rings. The highest BCUT2D eigenvalue weighted by Gasteiger charge is 2.24. The fraction of sp³-hybridized carbons (Fsp3) is 0.500. The van der Waals surface area contributed by atoms with Crippen molar-refractivity contribution in [2.45, 2.75) is 37.5 Å². The molecule has 0 saturated heterocycles. The van der Waals surface area contributed by atoms with Gasteiger partial charge in [0.2, 0.25) is 3.79 Å². The summed E-state index contributed by atoms with van der Waals surface area (Å²) in [5.41, 5.74) is 4.25. The van der Waals surface area contributed by atoms with Crippen LogP contribution in [0, 0.1) is 20.8 Å². The van der Waals surface area contributed by atoms with Crippen LogP contribution in [0.3, 0.4) is 0 Å². The SMILES string of the molecule is Cc1cc(C)c(N[C@@H](C)C(=O)OCC(Cl)(Cl)Cl)c(C)c1. The maximum absolute atomic E-state index is 11.8. The molecular weight excluding hydrogens is 321 g/mol. The van der Waals surface area contributed by atoms with Gasteiger partial charge in [-0.15, -0.1) is 0 Å². The molecule has 1 aromatic rings. The van der Waals surface area contributed by atoms with Crippen molar-refractivity contribution >= 4 is 46.5 Å². The van der Waals surface area contributed by atoms with Gasteiger partial charge in [0.25, 0.3) is 0 Å². The molecule has 1 rings (SSSR count). The summed E-state index contributed by atoms with van der Waals surface area (Å²) in [6.07, 6.45) is 0. The molecule has 0 aromatic heterocycles. The summed E-state index contributed by atoms with van der Waals surface area (Å²) < 4.78 is 3.35. The summed E-state index contributed by atoms with van der Waals surface area (Å²) in [4.78, 5) is 11.8. The van der Waals surface area contributed by atoms with E-state index < -0.39 is 15.8 Å². The van der Waals surface area contributed by atoms with E-state index in [4.69, 9.17) is 39.5 Å². The van der Waals surface area contributed by atoms with Gasteiger partial charge in [0.1, 0.15) is 12.6 Å². The number of nitrogens with one attached hydrogen (secondary N) is 1. The molecule has 0 aliphatic carbocycles. The smallest absolute Gasteiger partial charge is 0.328 e. The Hall–Kier alpha value is -0.640. The molecule has 0 aliphatic heterocycles. The zero-order chi connectivity index (χ0) is 15.5. The van der Waals surface area contributed by atoms with E-state index in [1.165, 1.54) is 5.56 Å². The van der Waals surface area contributed by atoms with Crippen LogP contribution in [0.4, 0.5) is 5.69 Å². The molecule has 3 nitrogen and oxygen atoms in total. The summed E-state index contributed by atoms with van der Waals surface area (Å²) in [5.74, 6) is -0.462. The van der Waals surface area contributed by atoms with E-state index in [-0.39, 0.29) is 6.61 Å². The normalized spacial score (nSPS) is 12.9. The molecule has 112 valence electrons. The van der Waals surface area contributed by atoms with E-state index in [9.17, 15) is 4.79 Å². The van der Waals surface area contributed by atoms with Crippen LogP contribution in [0.2, 0.25) is 0 Å². The van der Waals surface area contributed by atoms with Crippen molar-refractivity contribution < 1.29 is 9.53 Å². The van der Waals surface area contributed by atoms with Gasteiger partial charge in [-0.05, 0) is 38.8 Å². The maximum Gasteiger partial charge on any atom is 0.328 e. The third-order valence-corrected chi connectivity index (χ3v) is 3.10. The van der Waals surface area contributed by atoms with Crippen LogP contribution in [0.15, 0.2) is 12.1 Å². The van der Waals surface area contributed by atoms with Gasteiger partial charge in [0.15, 0.2) is 0 Å². The molecule has 0 aliphatic rings. The molecule has 0 radical (unpaired) electrons. The molecule has 0 saturated carbocycles. The largest absolute Gasteiger partial charge is 0.460 e. The van der Waals surface area contributed by atoms with Crippen LogP contribution in [0.5, 0.6) is 0 Å². The third-order valence-electron chi connectivity index (χ3n) is 2.77. The molecule has 1 N–H and O–H groups in total. The topological polar surface area (TPSA) is 38.3 Å². The van der Waals surface area contributed by atoms with Crippen LogP contribution >= 0.6 is 34.8 Å². The predicted molar refractivity (Wildman–Crippen MR) is 85.0 cm³/mol. The molecule has 1 atom stereocenters. The molecule has 0 amide bonds. The van der Waals surface area contributed by atoms with Gasteiger partial charge >= 0.3 is 5.97 Å². The van der Waals surface area contributed by atoms with Crippen molar-refractivity contribution in [3.8, 4) is 0 Å². The lowest BCUT2D eigenvalue weighted by Crippen LogP contribution is -2.31. The number of anilines is 1. The number of halogens is 3. The van der Waals surface area contributed by atoms with Crippen LogP contribution < -0.4 is 5.32 Å². The Morgan fingerprint density at radius 3 is 2.20 bits per heavy atom. The molecule has 0 unspecified atom stereocenters. The standard InChI is InChI=1S/C14H18Cl3NO2/c1-8-5-9(2)12(10(3)6-8)18-11(4)13(19)20-7-14(15,16)17/h5-6,11,18H,7H2,1-4H3/t11-/m0/s1. The minimum absolute atomic E-state index is 0.269. The van der Waals surface area contributed by atoms with Crippen LogP contribution in [-0.2, 0) is 9.53 Å². The number of benzene rings is 1. The van der Waals surface area contributed by atoms with Crippen LogP contribution in [0.25, 0.3) is 0 Å². The summed E-state index contributed by atoms with van der Waals surface area (Å²) in [6.45, 7) is 7.44. The van der Waals surface area contributed by atoms with E-state index in [0.29, 0.717) is 0 Å². The summed E-state index contributed by atoms with van der Waals surface area (Å²) in [5, 5.41) is 3.14. The first-order valence-corrected chi connectivity index (χ1v) is 7.31. The monoisotopic (exact) mass is 337 g/mol. The highest BCUT2D eigenvalue weighted by atomic mass is 35.6. The van der Waals surface area contributed by atoms with Crippen LogP contribution in [0.1, 0.15) is 23.6 Å². The second-order valence-electron chi connectivity index (χ2n) is 4.86. The number of carbonyl (C=O) groups is 1. The maximum atomic E-state index is 11.8. The Bertz CT molecular complexity index is 475. The van der Waals surface area contributed by atoms with Gasteiger partial charge in [-0.2, -0.15) is 0 Å². The van der Waals surface area contributed by atoms with Gasteiger partial charge in [-0.3, -0.25) is 0 Å². The lowest BCUT2D eigenvalue weighted by Gasteiger charge is -2.19. The summed E-state index contributed by atoms with van der Waals surface area (Å²) in [6, 6.07) is 3.58. The molecule has 0 heterocycles. The fourth-order valence-electron chi connectivity index (χ4n) is 1.96. The van der Waals surface area contributed by atoms with Crippen molar-refractivity contribution in [2.75, 3.05) is 11.9 Å². The summed E-state index contributed by atoms with van der Waals surface area (Å²) in [7, 11) is 0. The Labute approximate surface area is 134 Å². The second-order valence-corrected chi connectivity index (χ2v) is 7.38. The first-order chi connectivity index (χ1) is 9.10. The molecule has 1 aromatic carbocycles. The number of aryl methyl sites for hydroxylation is 3. The average Bonchev–Trinajstić information content (AvgIpc) is 2.29. The van der Waals surface area contributed by atoms with E-state index in [0.717, 1.165) is 16.8 Å². The lowest BCUT2D eigenvalue weighted by atomic mass is 10.0. The molecule has 0 spiro atoms. The van der Waals surface area contributed by atoms with Crippen LogP contribution in [-0.4, -0.2) is 22.4 Å². The van der Waals surface area contributed by atoms with Gasteiger partial charge in [0.05, 0.1) is 0 Å². The van der Waals surface area contributed by atoms with Crippen molar-refractivity contribution in [2.24, 2.45) is 0 Å². The molecule has 6 heteroatoms. The minimum Gasteiger partial charge on any atom is -0.460 e. The van der Waals surface area contributed by atoms with Gasteiger partial charge in [-0.1, -0.05) is 52.5 Å². The predicted octanol–water partition coefficient (Wildman–Crippen LogP) is 4.33.